The Morgan fingerprint density at radius 2 is 1.80 bits per heavy atom. The van der Waals surface area contributed by atoms with Crippen LogP contribution in [0.2, 0.25) is 0 Å². The average molecular weight is 273 g/mol. The summed E-state index contributed by atoms with van der Waals surface area (Å²) in [6, 6.07) is 4.04. The molecular formula is C12H17BrO2. The molecular weight excluding hydrogens is 256 g/mol. The summed E-state index contributed by atoms with van der Waals surface area (Å²) in [7, 11) is 0. The third-order valence-corrected chi connectivity index (χ3v) is 2.82. The molecule has 0 atom stereocenters. The molecule has 0 heterocycles. The Labute approximate surface area is 99.7 Å². The van der Waals surface area contributed by atoms with Gasteiger partial charge in [0.25, 0.3) is 0 Å². The summed E-state index contributed by atoms with van der Waals surface area (Å²) in [5.74, 6) is 1.71. The van der Waals surface area contributed by atoms with E-state index in [9.17, 15) is 0 Å². The number of hydrogen-bond acceptors (Lipinski definition) is 2. The Kier molecular flexibility index (Phi) is 4.95. The van der Waals surface area contributed by atoms with Gasteiger partial charge in [-0.15, -0.1) is 0 Å². The van der Waals surface area contributed by atoms with Crippen molar-refractivity contribution in [2.24, 2.45) is 0 Å². The third-order valence-electron chi connectivity index (χ3n) is 2.21. The van der Waals surface area contributed by atoms with E-state index in [0.717, 1.165) is 22.4 Å². The van der Waals surface area contributed by atoms with E-state index in [0.29, 0.717) is 13.2 Å². The molecule has 0 saturated carbocycles. The molecule has 0 spiro atoms. The van der Waals surface area contributed by atoms with Crippen molar-refractivity contribution >= 4 is 15.9 Å². The van der Waals surface area contributed by atoms with E-state index in [-0.39, 0.29) is 0 Å². The third kappa shape index (κ3) is 2.88. The van der Waals surface area contributed by atoms with Crippen LogP contribution in [0.4, 0.5) is 0 Å². The van der Waals surface area contributed by atoms with Gasteiger partial charge >= 0.3 is 0 Å². The van der Waals surface area contributed by atoms with Crippen LogP contribution in [0.3, 0.4) is 0 Å². The van der Waals surface area contributed by atoms with Gasteiger partial charge in [0, 0.05) is 5.33 Å². The molecule has 0 N–H and O–H groups in total. The molecule has 0 bridgehead atoms. The summed E-state index contributed by atoms with van der Waals surface area (Å²) in [6.45, 7) is 7.34. The van der Waals surface area contributed by atoms with E-state index < -0.39 is 0 Å². The lowest BCUT2D eigenvalue weighted by Gasteiger charge is -2.15. The van der Waals surface area contributed by atoms with Crippen molar-refractivity contribution in [3.8, 4) is 11.5 Å². The fourth-order valence-electron chi connectivity index (χ4n) is 1.45. The van der Waals surface area contributed by atoms with Crippen molar-refractivity contribution in [3.63, 3.8) is 0 Å². The van der Waals surface area contributed by atoms with Gasteiger partial charge in [-0.25, -0.2) is 0 Å². The van der Waals surface area contributed by atoms with Gasteiger partial charge in [0.05, 0.1) is 13.2 Å². The first-order chi connectivity index (χ1) is 7.24. The maximum absolute atomic E-state index is 5.62. The van der Waals surface area contributed by atoms with E-state index in [1.807, 2.05) is 19.9 Å². The smallest absolute Gasteiger partial charge is 0.164 e. The number of ether oxygens (including phenoxy) is 2. The first-order valence-corrected chi connectivity index (χ1v) is 6.30. The van der Waals surface area contributed by atoms with E-state index in [4.69, 9.17) is 9.47 Å². The van der Waals surface area contributed by atoms with Crippen LogP contribution < -0.4 is 9.47 Å². The lowest BCUT2D eigenvalue weighted by Crippen LogP contribution is -2.01. The molecule has 15 heavy (non-hydrogen) atoms. The lowest BCUT2D eigenvalue weighted by molar-refractivity contribution is 0.286. The van der Waals surface area contributed by atoms with Gasteiger partial charge in [-0.3, -0.25) is 0 Å². The largest absolute Gasteiger partial charge is 0.490 e. The average Bonchev–Trinajstić information content (AvgIpc) is 2.24. The van der Waals surface area contributed by atoms with Gasteiger partial charge in [-0.05, 0) is 38.0 Å². The highest BCUT2D eigenvalue weighted by Gasteiger charge is 2.11. The van der Waals surface area contributed by atoms with Gasteiger partial charge in [0.15, 0.2) is 11.5 Å². The second-order valence-electron chi connectivity index (χ2n) is 3.18. The minimum atomic E-state index is 0.659. The van der Waals surface area contributed by atoms with Gasteiger partial charge < -0.3 is 9.47 Å². The normalized spacial score (nSPS) is 10.1. The van der Waals surface area contributed by atoms with Crippen molar-refractivity contribution in [3.05, 3.63) is 23.3 Å². The molecule has 1 rings (SSSR count). The lowest BCUT2D eigenvalue weighted by atomic mass is 10.1. The first kappa shape index (κ1) is 12.4. The van der Waals surface area contributed by atoms with E-state index in [1.54, 1.807) is 0 Å². The van der Waals surface area contributed by atoms with Crippen LogP contribution in [0.15, 0.2) is 12.1 Å². The summed E-state index contributed by atoms with van der Waals surface area (Å²) in [5, 5.41) is 0.839. The summed E-state index contributed by atoms with van der Waals surface area (Å²) < 4.78 is 11.1. The Balaban J connectivity index is 3.11. The van der Waals surface area contributed by atoms with Gasteiger partial charge in [-0.1, -0.05) is 22.0 Å². The Morgan fingerprint density at radius 3 is 2.33 bits per heavy atom. The molecule has 1 aromatic carbocycles. The Hall–Kier alpha value is -0.700. The molecule has 0 fully saturated rings. The summed E-state index contributed by atoms with van der Waals surface area (Å²) in [5.41, 5.74) is 2.39. The van der Waals surface area contributed by atoms with Crippen LogP contribution in [0.1, 0.15) is 25.0 Å². The molecule has 0 aliphatic rings. The zero-order valence-corrected chi connectivity index (χ0v) is 11.1. The van der Waals surface area contributed by atoms with Crippen LogP contribution in [-0.4, -0.2) is 13.2 Å². The highest BCUT2D eigenvalue weighted by Crippen LogP contribution is 2.34. The molecule has 1 aromatic rings. The molecule has 3 heteroatoms. The highest BCUT2D eigenvalue weighted by molar-refractivity contribution is 9.08. The first-order valence-electron chi connectivity index (χ1n) is 5.18. The van der Waals surface area contributed by atoms with Gasteiger partial charge in [0.1, 0.15) is 0 Å². The molecule has 2 nitrogen and oxygen atoms in total. The highest BCUT2D eigenvalue weighted by atomic mass is 79.9. The second kappa shape index (κ2) is 6.01. The molecule has 0 aliphatic heterocycles. The predicted octanol–water partition coefficient (Wildman–Crippen LogP) is 3.69. The monoisotopic (exact) mass is 272 g/mol. The molecule has 0 amide bonds. The molecule has 0 saturated heterocycles. The zero-order valence-electron chi connectivity index (χ0n) is 9.47. The molecule has 0 unspecified atom stereocenters. The van der Waals surface area contributed by atoms with Crippen LogP contribution in [0, 0.1) is 6.92 Å². The minimum absolute atomic E-state index is 0.659. The zero-order chi connectivity index (χ0) is 11.3. The summed E-state index contributed by atoms with van der Waals surface area (Å²) in [4.78, 5) is 0. The van der Waals surface area contributed by atoms with Crippen molar-refractivity contribution in [2.45, 2.75) is 26.1 Å². The summed E-state index contributed by atoms with van der Waals surface area (Å²) in [6.07, 6.45) is 0. The van der Waals surface area contributed by atoms with E-state index in [2.05, 4.69) is 28.9 Å². The number of hydrogen-bond donors (Lipinski definition) is 0. The molecule has 84 valence electrons. The minimum Gasteiger partial charge on any atom is -0.490 e. The molecule has 0 radical (unpaired) electrons. The van der Waals surface area contributed by atoms with Crippen LogP contribution in [-0.2, 0) is 5.33 Å². The Bertz CT molecular complexity index is 324. The van der Waals surface area contributed by atoms with Crippen molar-refractivity contribution < 1.29 is 9.47 Å². The van der Waals surface area contributed by atoms with Crippen LogP contribution >= 0.6 is 15.9 Å². The standard InChI is InChI=1S/C12H17BrO2/c1-4-14-11-7-6-10(8-13)9(3)12(11)15-5-2/h6-7H,4-5,8H2,1-3H3. The number of benzene rings is 1. The number of rotatable bonds is 5. The number of halogens is 1. The Morgan fingerprint density at radius 1 is 1.13 bits per heavy atom. The van der Waals surface area contributed by atoms with Gasteiger partial charge in [-0.2, -0.15) is 0 Å². The topological polar surface area (TPSA) is 18.5 Å². The fourth-order valence-corrected chi connectivity index (χ4v) is 2.05. The summed E-state index contributed by atoms with van der Waals surface area (Å²) >= 11 is 3.46. The molecule has 0 aromatic heterocycles. The van der Waals surface area contributed by atoms with Crippen molar-refractivity contribution in [1.29, 1.82) is 0 Å². The van der Waals surface area contributed by atoms with Gasteiger partial charge in [0.2, 0.25) is 0 Å². The van der Waals surface area contributed by atoms with E-state index in [1.165, 1.54) is 5.56 Å². The number of alkyl halides is 1. The fraction of sp³-hybridized carbons (Fsp3) is 0.500. The predicted molar refractivity (Wildman–Crippen MR) is 66.1 cm³/mol. The van der Waals surface area contributed by atoms with Crippen molar-refractivity contribution in [1.82, 2.24) is 0 Å². The SMILES string of the molecule is CCOc1ccc(CBr)c(C)c1OCC. The second-order valence-corrected chi connectivity index (χ2v) is 3.74. The van der Waals surface area contributed by atoms with Crippen LogP contribution in [0.5, 0.6) is 11.5 Å². The van der Waals surface area contributed by atoms with Crippen molar-refractivity contribution in [2.75, 3.05) is 13.2 Å². The van der Waals surface area contributed by atoms with E-state index >= 15 is 0 Å². The quantitative estimate of drug-likeness (QED) is 0.762. The maximum Gasteiger partial charge on any atom is 0.164 e. The van der Waals surface area contributed by atoms with Crippen LogP contribution in [0.25, 0.3) is 0 Å². The maximum atomic E-state index is 5.62. The molecule has 0 aliphatic carbocycles.